The minimum atomic E-state index is -2.08. The molecule has 2 saturated heterocycles. The molecule has 0 radical (unpaired) electrons. The molecule has 0 aromatic heterocycles. The van der Waals surface area contributed by atoms with Crippen molar-refractivity contribution in [3.8, 4) is 0 Å². The number of hydrogen-bond donors (Lipinski definition) is 3. The van der Waals surface area contributed by atoms with Crippen LogP contribution in [0.2, 0.25) is 0 Å². The van der Waals surface area contributed by atoms with Crippen LogP contribution in [0.25, 0.3) is 0 Å². The van der Waals surface area contributed by atoms with Gasteiger partial charge in [0, 0.05) is 0 Å². The number of nitrogens with one attached hydrogen (secondary N) is 2. The molecule has 4 atom stereocenters. The average molecular weight is 507 g/mol. The summed E-state index contributed by atoms with van der Waals surface area (Å²) in [5, 5.41) is 20.3. The summed E-state index contributed by atoms with van der Waals surface area (Å²) in [7, 11) is 1.28. The minimum absolute atomic E-state index is 0. The number of esters is 1. The number of ether oxygens (including phenoxy) is 2. The first-order valence-electron chi connectivity index (χ1n) is 9.62. The number of carbonyl (C=O) groups excluding carboxylic acids is 4. The standard InChI is InChI=1S/C19H22N2O6S.CH2O3.K/c1-26-19(25)14-8-7-13(27-14)12(22)10-28-18-16(17(24)21-18)20-15(23)9-11-5-3-2-4-6-11;2-1(3)4;/h2-6,13-14,16,18H,7-10H2,1H3,(H,20,23)(H,21,24);(H2,2,3,4);/q;;+1/p-1/t13?,14?,16-,18-;;/m1../s1. The van der Waals surface area contributed by atoms with E-state index in [0.29, 0.717) is 12.8 Å². The maximum atomic E-state index is 12.3. The molecule has 3 N–H and O–H groups in total. The first-order chi connectivity index (χ1) is 15.2. The number of methoxy groups -OCH3 is 1. The maximum Gasteiger partial charge on any atom is 1.00 e. The van der Waals surface area contributed by atoms with Gasteiger partial charge in [-0.2, -0.15) is 0 Å². The maximum absolute atomic E-state index is 12.3. The Morgan fingerprint density at radius 1 is 1.21 bits per heavy atom. The van der Waals surface area contributed by atoms with E-state index < -0.39 is 30.4 Å². The van der Waals surface area contributed by atoms with Crippen LogP contribution in [0.15, 0.2) is 30.3 Å². The molecule has 33 heavy (non-hydrogen) atoms. The van der Waals surface area contributed by atoms with Crippen LogP contribution in [0, 0.1) is 0 Å². The van der Waals surface area contributed by atoms with E-state index in [9.17, 15) is 19.2 Å². The summed E-state index contributed by atoms with van der Waals surface area (Å²) in [4.78, 5) is 56.1. The summed E-state index contributed by atoms with van der Waals surface area (Å²) in [5.74, 6) is -1.02. The molecule has 2 fully saturated rings. The monoisotopic (exact) mass is 506 g/mol. The van der Waals surface area contributed by atoms with Gasteiger partial charge in [0.25, 0.3) is 0 Å². The SMILES string of the molecule is COC(=O)C1CCC(C(=O)CS[C@H]2NC(=O)[C@H]2NC(=O)Cc2ccccc2)O1.O=C([O-])O.[K+]. The molecule has 0 bridgehead atoms. The van der Waals surface area contributed by atoms with Gasteiger partial charge in [0.1, 0.15) is 17.5 Å². The molecule has 2 aliphatic heterocycles. The van der Waals surface area contributed by atoms with Crippen LogP contribution < -0.4 is 67.1 Å². The number of carboxylic acid groups (broad SMARTS) is 2. The van der Waals surface area contributed by atoms with Gasteiger partial charge >= 0.3 is 57.4 Å². The smallest absolute Gasteiger partial charge is 0.565 e. The number of Topliss-reactive ketones (excluding diaryl/α,β-unsaturated/α-hetero) is 1. The van der Waals surface area contributed by atoms with Gasteiger partial charge in [-0.25, -0.2) is 4.79 Å². The van der Waals surface area contributed by atoms with Crippen molar-refractivity contribution in [2.45, 2.75) is 42.9 Å². The molecule has 13 heteroatoms. The normalized spacial score (nSPS) is 22.9. The summed E-state index contributed by atoms with van der Waals surface area (Å²) in [6.07, 6.45) is -2.32. The molecule has 2 aliphatic rings. The van der Waals surface area contributed by atoms with Gasteiger partial charge in [-0.05, 0) is 18.4 Å². The second kappa shape index (κ2) is 14.7. The Hall–Kier alpha value is -1.48. The molecular weight excluding hydrogens is 483 g/mol. The van der Waals surface area contributed by atoms with Crippen LogP contribution >= 0.6 is 11.8 Å². The van der Waals surface area contributed by atoms with E-state index in [2.05, 4.69) is 15.4 Å². The summed E-state index contributed by atoms with van der Waals surface area (Å²) in [5.41, 5.74) is 0.859. The fourth-order valence-electron chi connectivity index (χ4n) is 3.08. The van der Waals surface area contributed by atoms with Crippen LogP contribution in [0.1, 0.15) is 18.4 Å². The number of β-lactam (4-membered cyclic amide) rings is 1. The van der Waals surface area contributed by atoms with E-state index in [1.54, 1.807) is 0 Å². The van der Waals surface area contributed by atoms with Gasteiger partial charge in [0.2, 0.25) is 18.0 Å². The number of hydrogen-bond acceptors (Lipinski definition) is 9. The number of amides is 2. The Morgan fingerprint density at radius 3 is 2.39 bits per heavy atom. The molecule has 1 aromatic rings. The fourth-order valence-corrected chi connectivity index (χ4v) is 4.20. The zero-order chi connectivity index (χ0) is 23.7. The van der Waals surface area contributed by atoms with Gasteiger partial charge in [0.15, 0.2) is 11.9 Å². The predicted molar refractivity (Wildman–Crippen MR) is 109 cm³/mol. The Bertz CT molecular complexity index is 851. The molecule has 11 nitrogen and oxygen atoms in total. The van der Waals surface area contributed by atoms with Gasteiger partial charge in [-0.1, -0.05) is 30.3 Å². The summed E-state index contributed by atoms with van der Waals surface area (Å²) in [6, 6.07) is 8.58. The van der Waals surface area contributed by atoms with Crippen molar-refractivity contribution in [3.05, 3.63) is 35.9 Å². The van der Waals surface area contributed by atoms with Crippen LogP contribution in [-0.2, 0) is 35.1 Å². The number of benzene rings is 1. The van der Waals surface area contributed by atoms with E-state index in [4.69, 9.17) is 19.7 Å². The largest absolute Gasteiger partial charge is 1.00 e. The van der Waals surface area contributed by atoms with Crippen LogP contribution in [0.5, 0.6) is 0 Å². The van der Waals surface area contributed by atoms with Crippen molar-refractivity contribution in [2.75, 3.05) is 12.9 Å². The molecule has 174 valence electrons. The second-order valence-electron chi connectivity index (χ2n) is 6.89. The number of carbonyl (C=O) groups is 5. The zero-order valence-electron chi connectivity index (χ0n) is 18.1. The Labute approximate surface area is 236 Å². The number of thioether (sulfide) groups is 1. The van der Waals surface area contributed by atoms with Crippen LogP contribution in [0.4, 0.5) is 4.79 Å². The third-order valence-electron chi connectivity index (χ3n) is 4.64. The van der Waals surface area contributed by atoms with Crippen molar-refractivity contribution in [3.63, 3.8) is 0 Å². The third kappa shape index (κ3) is 9.72. The van der Waals surface area contributed by atoms with E-state index in [0.717, 1.165) is 5.56 Å². The van der Waals surface area contributed by atoms with E-state index >= 15 is 0 Å². The van der Waals surface area contributed by atoms with Crippen LogP contribution in [0.3, 0.4) is 0 Å². The van der Waals surface area contributed by atoms with Gasteiger partial charge in [0.05, 0.1) is 19.3 Å². The van der Waals surface area contributed by atoms with Crippen molar-refractivity contribution in [1.82, 2.24) is 10.6 Å². The topological polar surface area (TPSA) is 171 Å². The quantitative estimate of drug-likeness (QED) is 0.180. The summed E-state index contributed by atoms with van der Waals surface area (Å²) in [6.45, 7) is 0. The first kappa shape index (κ1) is 29.5. The van der Waals surface area contributed by atoms with Crippen molar-refractivity contribution >= 4 is 41.5 Å². The van der Waals surface area contributed by atoms with Crippen LogP contribution in [-0.4, -0.2) is 71.3 Å². The summed E-state index contributed by atoms with van der Waals surface area (Å²) >= 11 is 1.24. The average Bonchev–Trinajstić information content (AvgIpc) is 3.25. The third-order valence-corrected chi connectivity index (χ3v) is 5.84. The molecule has 2 amide bonds. The molecule has 2 unspecified atom stereocenters. The van der Waals surface area contributed by atoms with E-state index in [-0.39, 0.29) is 86.5 Å². The molecule has 3 rings (SSSR count). The van der Waals surface area contributed by atoms with Crippen molar-refractivity contribution in [2.24, 2.45) is 0 Å². The minimum Gasteiger partial charge on any atom is -0.565 e. The van der Waals surface area contributed by atoms with Gasteiger partial charge in [-0.15, -0.1) is 11.8 Å². The number of ketones is 1. The van der Waals surface area contributed by atoms with Gasteiger partial charge < -0.3 is 35.1 Å². The molecule has 0 spiro atoms. The molecule has 0 saturated carbocycles. The molecule has 0 aliphatic carbocycles. The Balaban J connectivity index is 0.00000101. The molecular formula is C20H23KN2O9S. The molecule has 2 heterocycles. The number of rotatable bonds is 8. The predicted octanol–water partition coefficient (Wildman–Crippen LogP) is -3.92. The molecule has 1 aromatic carbocycles. The zero-order valence-corrected chi connectivity index (χ0v) is 22.1. The van der Waals surface area contributed by atoms with Crippen molar-refractivity contribution in [1.29, 1.82) is 0 Å². The fraction of sp³-hybridized carbons (Fsp3) is 0.450. The Morgan fingerprint density at radius 2 is 1.82 bits per heavy atom. The van der Waals surface area contributed by atoms with Gasteiger partial charge in [-0.3, -0.25) is 14.4 Å². The Kier molecular flexibility index (Phi) is 13.2. The van der Waals surface area contributed by atoms with E-state index in [1.807, 2.05) is 30.3 Å². The van der Waals surface area contributed by atoms with Crippen molar-refractivity contribution < 1.29 is 95.0 Å². The van der Waals surface area contributed by atoms with E-state index in [1.165, 1.54) is 18.9 Å². The summed E-state index contributed by atoms with van der Waals surface area (Å²) < 4.78 is 10.1. The first-order valence-corrected chi connectivity index (χ1v) is 10.7. The second-order valence-corrected chi connectivity index (χ2v) is 8.02.